The van der Waals surface area contributed by atoms with E-state index in [2.05, 4.69) is 18.9 Å². The van der Waals surface area contributed by atoms with E-state index in [1.165, 1.54) is 7.11 Å². The van der Waals surface area contributed by atoms with E-state index in [1.54, 1.807) is 0 Å². The van der Waals surface area contributed by atoms with Crippen molar-refractivity contribution in [3.8, 4) is 0 Å². The highest BCUT2D eigenvalue weighted by atomic mass is 16.7. The summed E-state index contributed by atoms with van der Waals surface area (Å²) in [6.45, 7) is -1.31. The topological polar surface area (TPSA) is 129 Å². The maximum atomic E-state index is 11.4. The van der Waals surface area contributed by atoms with Crippen LogP contribution in [-0.4, -0.2) is 61.5 Å². The van der Waals surface area contributed by atoms with Crippen LogP contribution in [0.15, 0.2) is 0 Å². The summed E-state index contributed by atoms with van der Waals surface area (Å²) in [5.41, 5.74) is -3.17. The Morgan fingerprint density at radius 3 is 1.82 bits per heavy atom. The van der Waals surface area contributed by atoms with E-state index in [0.29, 0.717) is 0 Å². The van der Waals surface area contributed by atoms with Gasteiger partial charge in [-0.05, 0) is 0 Å². The Morgan fingerprint density at radius 2 is 1.47 bits per heavy atom. The van der Waals surface area contributed by atoms with E-state index in [9.17, 15) is 14.4 Å². The Kier molecular flexibility index (Phi) is 6.10. The maximum absolute atomic E-state index is 11.4. The number of carbonyl (C=O) groups excluding carboxylic acids is 1. The molecule has 0 aromatic rings. The molecule has 0 unspecified atom stereocenters. The van der Waals surface area contributed by atoms with Crippen molar-refractivity contribution >= 4 is 17.9 Å². The van der Waals surface area contributed by atoms with Gasteiger partial charge < -0.3 is 29.2 Å². The SMILES string of the molecule is COCOC(=O)C(OCOC)(C(=O)O)C(=O)O. The first kappa shape index (κ1) is 15.3. The van der Waals surface area contributed by atoms with Crippen molar-refractivity contribution in [2.45, 2.75) is 5.60 Å². The summed E-state index contributed by atoms with van der Waals surface area (Å²) in [7, 11) is 2.31. The zero-order valence-corrected chi connectivity index (χ0v) is 9.17. The summed E-state index contributed by atoms with van der Waals surface area (Å²) in [4.78, 5) is 33.1. The Morgan fingerprint density at radius 1 is 1.00 bits per heavy atom. The fourth-order valence-electron chi connectivity index (χ4n) is 0.810. The first-order valence-corrected chi connectivity index (χ1v) is 4.19. The fourth-order valence-corrected chi connectivity index (χ4v) is 0.810. The summed E-state index contributed by atoms with van der Waals surface area (Å²) in [6, 6.07) is 0. The number of hydrogen-bond acceptors (Lipinski definition) is 7. The van der Waals surface area contributed by atoms with Crippen LogP contribution in [-0.2, 0) is 33.3 Å². The van der Waals surface area contributed by atoms with Crippen LogP contribution in [0.1, 0.15) is 0 Å². The van der Waals surface area contributed by atoms with Crippen LogP contribution in [0.4, 0.5) is 0 Å². The van der Waals surface area contributed by atoms with Gasteiger partial charge in [0.1, 0.15) is 6.79 Å². The van der Waals surface area contributed by atoms with Crippen molar-refractivity contribution in [3.05, 3.63) is 0 Å². The molecule has 98 valence electrons. The minimum atomic E-state index is -3.17. The highest BCUT2D eigenvalue weighted by Crippen LogP contribution is 2.15. The van der Waals surface area contributed by atoms with E-state index < -0.39 is 37.1 Å². The maximum Gasteiger partial charge on any atom is 0.364 e. The average molecular weight is 252 g/mol. The fraction of sp³-hybridized carbons (Fsp3) is 0.625. The molecule has 0 spiro atoms. The zero-order chi connectivity index (χ0) is 13.5. The molecular weight excluding hydrogens is 240 g/mol. The van der Waals surface area contributed by atoms with E-state index in [0.717, 1.165) is 7.11 Å². The van der Waals surface area contributed by atoms with Gasteiger partial charge in [0.05, 0.1) is 0 Å². The van der Waals surface area contributed by atoms with Crippen LogP contribution in [0.2, 0.25) is 0 Å². The first-order chi connectivity index (χ1) is 7.93. The van der Waals surface area contributed by atoms with Gasteiger partial charge in [0, 0.05) is 14.2 Å². The quantitative estimate of drug-likeness (QED) is 0.306. The number of aliphatic carboxylic acids is 2. The van der Waals surface area contributed by atoms with E-state index in [-0.39, 0.29) is 0 Å². The van der Waals surface area contributed by atoms with Gasteiger partial charge in [-0.1, -0.05) is 0 Å². The summed E-state index contributed by atoms with van der Waals surface area (Å²) in [6.07, 6.45) is 0. The van der Waals surface area contributed by atoms with Crippen LogP contribution >= 0.6 is 0 Å². The molecule has 0 atom stereocenters. The molecule has 0 aliphatic heterocycles. The van der Waals surface area contributed by atoms with Gasteiger partial charge in [0.25, 0.3) is 0 Å². The Labute approximate surface area is 95.8 Å². The van der Waals surface area contributed by atoms with Crippen LogP contribution in [0.5, 0.6) is 0 Å². The second-order valence-electron chi connectivity index (χ2n) is 2.68. The second-order valence-corrected chi connectivity index (χ2v) is 2.68. The second kappa shape index (κ2) is 6.78. The summed E-state index contributed by atoms with van der Waals surface area (Å²) in [5, 5.41) is 17.6. The third-order valence-electron chi connectivity index (χ3n) is 1.59. The predicted octanol–water partition coefficient (Wildman–Crippen LogP) is -1.34. The number of rotatable bonds is 8. The molecule has 9 heteroatoms. The van der Waals surface area contributed by atoms with E-state index >= 15 is 0 Å². The zero-order valence-electron chi connectivity index (χ0n) is 9.17. The minimum absolute atomic E-state index is 0.600. The number of carboxylic acid groups (broad SMARTS) is 2. The normalized spacial score (nSPS) is 10.9. The lowest BCUT2D eigenvalue weighted by molar-refractivity contribution is -0.212. The molecule has 0 heterocycles. The molecule has 0 aromatic heterocycles. The molecule has 0 fully saturated rings. The number of hydrogen-bond donors (Lipinski definition) is 2. The number of ether oxygens (including phenoxy) is 4. The molecule has 0 amide bonds. The molecule has 0 aliphatic rings. The standard InChI is InChI=1S/C8H12O9/c1-14-3-16-7(13)8(5(9)10,6(11)12)17-4-15-2/h3-4H2,1-2H3,(H,9,10)(H,11,12). The molecule has 0 aromatic carbocycles. The smallest absolute Gasteiger partial charge is 0.364 e. The minimum Gasteiger partial charge on any atom is -0.478 e. The third-order valence-corrected chi connectivity index (χ3v) is 1.59. The van der Waals surface area contributed by atoms with Crippen molar-refractivity contribution in [1.29, 1.82) is 0 Å². The van der Waals surface area contributed by atoms with Gasteiger partial charge in [0.15, 0.2) is 6.79 Å². The highest BCUT2D eigenvalue weighted by Gasteiger charge is 2.57. The predicted molar refractivity (Wildman–Crippen MR) is 48.9 cm³/mol. The van der Waals surface area contributed by atoms with E-state index in [1.807, 2.05) is 0 Å². The molecule has 0 radical (unpaired) electrons. The van der Waals surface area contributed by atoms with Gasteiger partial charge in [-0.3, -0.25) is 0 Å². The summed E-state index contributed by atoms with van der Waals surface area (Å²) < 4.78 is 17.4. The van der Waals surface area contributed by atoms with Crippen molar-refractivity contribution in [2.75, 3.05) is 27.8 Å². The van der Waals surface area contributed by atoms with Gasteiger partial charge >= 0.3 is 23.5 Å². The van der Waals surface area contributed by atoms with Crippen LogP contribution in [0.3, 0.4) is 0 Å². The molecule has 0 bridgehead atoms. The number of esters is 1. The lowest BCUT2D eigenvalue weighted by Crippen LogP contribution is -2.57. The van der Waals surface area contributed by atoms with Crippen LogP contribution < -0.4 is 0 Å². The Balaban J connectivity index is 5.09. The lowest BCUT2D eigenvalue weighted by atomic mass is 10.1. The molecule has 0 saturated heterocycles. The number of methoxy groups -OCH3 is 2. The molecule has 17 heavy (non-hydrogen) atoms. The molecule has 2 N–H and O–H groups in total. The number of carboxylic acids is 2. The Hall–Kier alpha value is -1.71. The van der Waals surface area contributed by atoms with Crippen molar-refractivity contribution in [2.24, 2.45) is 0 Å². The molecule has 0 saturated carbocycles. The highest BCUT2D eigenvalue weighted by molar-refractivity contribution is 6.20. The summed E-state index contributed by atoms with van der Waals surface area (Å²) in [5.74, 6) is -5.66. The molecule has 0 rings (SSSR count). The van der Waals surface area contributed by atoms with Crippen molar-refractivity contribution in [3.63, 3.8) is 0 Å². The lowest BCUT2D eigenvalue weighted by Gasteiger charge is -2.22. The average Bonchev–Trinajstić information content (AvgIpc) is 2.26. The number of carbonyl (C=O) groups is 3. The Bertz CT molecular complexity index is 283. The van der Waals surface area contributed by atoms with Crippen LogP contribution in [0.25, 0.3) is 0 Å². The van der Waals surface area contributed by atoms with Gasteiger partial charge in [-0.25, -0.2) is 14.4 Å². The van der Waals surface area contributed by atoms with Gasteiger partial charge in [-0.2, -0.15) is 0 Å². The molecule has 9 nitrogen and oxygen atoms in total. The summed E-state index contributed by atoms with van der Waals surface area (Å²) >= 11 is 0. The monoisotopic (exact) mass is 252 g/mol. The van der Waals surface area contributed by atoms with E-state index in [4.69, 9.17) is 10.2 Å². The third kappa shape index (κ3) is 3.37. The largest absolute Gasteiger partial charge is 0.478 e. The van der Waals surface area contributed by atoms with Gasteiger partial charge in [-0.15, -0.1) is 0 Å². The molecular formula is C8H12O9. The van der Waals surface area contributed by atoms with Gasteiger partial charge in [0.2, 0.25) is 0 Å². The molecule has 0 aliphatic carbocycles. The van der Waals surface area contributed by atoms with Crippen LogP contribution in [0, 0.1) is 0 Å². The van der Waals surface area contributed by atoms with Crippen molar-refractivity contribution in [1.82, 2.24) is 0 Å². The van der Waals surface area contributed by atoms with Crippen molar-refractivity contribution < 1.29 is 43.5 Å². The first-order valence-electron chi connectivity index (χ1n) is 4.19.